The first-order valence-corrected chi connectivity index (χ1v) is 10.2. The topological polar surface area (TPSA) is 67.9 Å². The van der Waals surface area contributed by atoms with Crippen LogP contribution in [0.3, 0.4) is 0 Å². The van der Waals surface area contributed by atoms with E-state index in [0.717, 1.165) is 16.9 Å². The Labute approximate surface area is 185 Å². The smallest absolute Gasteiger partial charge is 0.329 e. The zero-order valence-electron chi connectivity index (χ0n) is 16.9. The number of carbonyl (C=O) groups is 2. The highest BCUT2D eigenvalue weighted by molar-refractivity contribution is 6.32. The lowest BCUT2D eigenvalue weighted by Crippen LogP contribution is -2.30. The largest absolute Gasteiger partial charge is 0.493 e. The van der Waals surface area contributed by atoms with Crippen molar-refractivity contribution >= 4 is 41.2 Å². The average Bonchev–Trinajstić information content (AvgIpc) is 2.98. The fourth-order valence-electron chi connectivity index (χ4n) is 2.88. The molecule has 6 nitrogen and oxygen atoms in total. The zero-order valence-corrected chi connectivity index (χ0v) is 18.4. The van der Waals surface area contributed by atoms with E-state index in [4.69, 9.17) is 32.7 Å². The Hall–Kier alpha value is -2.70. The molecule has 0 radical (unpaired) electrons. The number of ether oxygens (including phenoxy) is 2. The second kappa shape index (κ2) is 9.41. The fourth-order valence-corrected chi connectivity index (χ4v) is 3.27. The van der Waals surface area contributed by atoms with Gasteiger partial charge >= 0.3 is 6.03 Å². The molecule has 0 saturated carbocycles. The lowest BCUT2D eigenvalue weighted by Gasteiger charge is -2.17. The number of nitrogens with one attached hydrogen (secondary N) is 1. The Morgan fingerprint density at radius 1 is 1.17 bits per heavy atom. The predicted molar refractivity (Wildman–Crippen MR) is 117 cm³/mol. The second-order valence-corrected chi connectivity index (χ2v) is 7.72. The summed E-state index contributed by atoms with van der Waals surface area (Å²) in [6.07, 6.45) is 2.34. The molecule has 0 bridgehead atoms. The third-order valence-electron chi connectivity index (χ3n) is 4.67. The highest BCUT2D eigenvalue weighted by Crippen LogP contribution is 2.38. The lowest BCUT2D eigenvalue weighted by molar-refractivity contribution is -0.123. The van der Waals surface area contributed by atoms with Gasteiger partial charge in [0.1, 0.15) is 5.70 Å². The summed E-state index contributed by atoms with van der Waals surface area (Å²) in [5.74, 6) is 0.469. The molecule has 2 aromatic carbocycles. The van der Waals surface area contributed by atoms with Crippen LogP contribution >= 0.6 is 23.2 Å². The third kappa shape index (κ3) is 4.89. The van der Waals surface area contributed by atoms with Crippen molar-refractivity contribution in [1.29, 1.82) is 0 Å². The first-order chi connectivity index (χ1) is 14.3. The van der Waals surface area contributed by atoms with E-state index in [0.29, 0.717) is 27.1 Å². The Morgan fingerprint density at radius 2 is 1.87 bits per heavy atom. The van der Waals surface area contributed by atoms with Gasteiger partial charge < -0.3 is 14.8 Å². The number of amides is 3. The summed E-state index contributed by atoms with van der Waals surface area (Å²) in [6, 6.07) is 9.84. The summed E-state index contributed by atoms with van der Waals surface area (Å²) in [6.45, 7) is 4.09. The van der Waals surface area contributed by atoms with Crippen LogP contribution in [-0.2, 0) is 11.3 Å². The van der Waals surface area contributed by atoms with Crippen LogP contribution in [0.25, 0.3) is 6.08 Å². The summed E-state index contributed by atoms with van der Waals surface area (Å²) in [5.41, 5.74) is 1.55. The predicted octanol–water partition coefficient (Wildman–Crippen LogP) is 5.27. The van der Waals surface area contributed by atoms with Crippen molar-refractivity contribution in [2.75, 3.05) is 7.11 Å². The van der Waals surface area contributed by atoms with Gasteiger partial charge in [-0.3, -0.25) is 9.69 Å². The SMILES string of the molecule is CC[C@@H](C)Oc1c(Cl)cc(/C=C2\NC(=O)N(Cc3ccc(Cl)cc3)C2=O)cc1OC. The molecule has 1 heterocycles. The maximum atomic E-state index is 12.7. The molecular formula is C22H22Cl2N2O4. The van der Waals surface area contributed by atoms with Gasteiger partial charge in [0, 0.05) is 5.02 Å². The first kappa shape index (κ1) is 22.0. The molecule has 1 aliphatic rings. The molecule has 8 heteroatoms. The molecule has 1 N–H and O–H groups in total. The Balaban J connectivity index is 1.84. The van der Waals surface area contributed by atoms with E-state index in [-0.39, 0.29) is 18.3 Å². The number of halogens is 2. The minimum absolute atomic E-state index is 0.0299. The quantitative estimate of drug-likeness (QED) is 0.462. The Kier molecular flexibility index (Phi) is 6.90. The van der Waals surface area contributed by atoms with Gasteiger partial charge in [0.05, 0.1) is 24.8 Å². The van der Waals surface area contributed by atoms with E-state index in [1.807, 2.05) is 13.8 Å². The van der Waals surface area contributed by atoms with Crippen LogP contribution < -0.4 is 14.8 Å². The molecule has 1 saturated heterocycles. The van der Waals surface area contributed by atoms with Crippen molar-refractivity contribution in [2.24, 2.45) is 0 Å². The summed E-state index contributed by atoms with van der Waals surface area (Å²) in [4.78, 5) is 26.2. The number of benzene rings is 2. The molecule has 0 spiro atoms. The van der Waals surface area contributed by atoms with Crippen LogP contribution in [0.4, 0.5) is 4.79 Å². The summed E-state index contributed by atoms with van der Waals surface area (Å²) < 4.78 is 11.2. The zero-order chi connectivity index (χ0) is 21.8. The summed E-state index contributed by atoms with van der Waals surface area (Å²) in [7, 11) is 1.52. The molecular weight excluding hydrogens is 427 g/mol. The molecule has 0 aliphatic carbocycles. The van der Waals surface area contributed by atoms with E-state index in [2.05, 4.69) is 5.32 Å². The number of carbonyl (C=O) groups excluding carboxylic acids is 2. The van der Waals surface area contributed by atoms with Crippen LogP contribution in [0.2, 0.25) is 10.0 Å². The van der Waals surface area contributed by atoms with Gasteiger partial charge in [-0.05, 0) is 54.8 Å². The van der Waals surface area contributed by atoms with Crippen molar-refractivity contribution in [3.05, 3.63) is 63.3 Å². The maximum absolute atomic E-state index is 12.7. The van der Waals surface area contributed by atoms with E-state index in [1.54, 1.807) is 42.5 Å². The minimum atomic E-state index is -0.490. The molecule has 30 heavy (non-hydrogen) atoms. The van der Waals surface area contributed by atoms with E-state index in [9.17, 15) is 9.59 Å². The highest BCUT2D eigenvalue weighted by Gasteiger charge is 2.33. The Bertz CT molecular complexity index is 989. The molecule has 0 unspecified atom stereocenters. The number of rotatable bonds is 7. The second-order valence-electron chi connectivity index (χ2n) is 6.88. The molecule has 1 fully saturated rings. The number of imide groups is 1. The number of methoxy groups -OCH3 is 1. The van der Waals surface area contributed by atoms with E-state index < -0.39 is 11.9 Å². The molecule has 0 aromatic heterocycles. The molecule has 158 valence electrons. The van der Waals surface area contributed by atoms with Gasteiger partial charge in [-0.25, -0.2) is 4.79 Å². The number of nitrogens with zero attached hydrogens (tertiary/aromatic N) is 1. The van der Waals surface area contributed by atoms with Gasteiger partial charge in [-0.2, -0.15) is 0 Å². The number of hydrogen-bond acceptors (Lipinski definition) is 4. The highest BCUT2D eigenvalue weighted by atomic mass is 35.5. The van der Waals surface area contributed by atoms with Crippen LogP contribution in [0.15, 0.2) is 42.1 Å². The van der Waals surface area contributed by atoms with Crippen molar-refractivity contribution in [3.8, 4) is 11.5 Å². The lowest BCUT2D eigenvalue weighted by atomic mass is 10.1. The summed E-state index contributed by atoms with van der Waals surface area (Å²) >= 11 is 12.3. The number of urea groups is 1. The molecule has 2 aromatic rings. The van der Waals surface area contributed by atoms with Crippen LogP contribution in [-0.4, -0.2) is 30.1 Å². The van der Waals surface area contributed by atoms with Crippen LogP contribution in [0.1, 0.15) is 31.4 Å². The molecule has 1 atom stereocenters. The standard InChI is InChI=1S/C22H22Cl2N2O4/c1-4-13(2)30-20-17(24)9-15(11-19(20)29-3)10-18-21(27)26(22(28)25-18)12-14-5-7-16(23)8-6-14/h5-11,13H,4,12H2,1-3H3,(H,25,28)/b18-10-/t13-/m1/s1. The van der Waals surface area contributed by atoms with Crippen molar-refractivity contribution in [1.82, 2.24) is 10.2 Å². The maximum Gasteiger partial charge on any atom is 0.329 e. The molecule has 3 rings (SSSR count). The monoisotopic (exact) mass is 448 g/mol. The first-order valence-electron chi connectivity index (χ1n) is 9.45. The van der Waals surface area contributed by atoms with Crippen LogP contribution in [0.5, 0.6) is 11.5 Å². The normalized spacial score (nSPS) is 16.0. The third-order valence-corrected chi connectivity index (χ3v) is 5.21. The van der Waals surface area contributed by atoms with Gasteiger partial charge in [-0.15, -0.1) is 0 Å². The minimum Gasteiger partial charge on any atom is -0.493 e. The Morgan fingerprint density at radius 3 is 2.50 bits per heavy atom. The van der Waals surface area contributed by atoms with Crippen molar-refractivity contribution < 1.29 is 19.1 Å². The molecule has 3 amide bonds. The number of hydrogen-bond donors (Lipinski definition) is 1. The van der Waals surface area contributed by atoms with E-state index >= 15 is 0 Å². The van der Waals surface area contributed by atoms with Gasteiger partial charge in [0.15, 0.2) is 11.5 Å². The van der Waals surface area contributed by atoms with Crippen LogP contribution in [0, 0.1) is 0 Å². The fraction of sp³-hybridized carbons (Fsp3) is 0.273. The average molecular weight is 449 g/mol. The van der Waals surface area contributed by atoms with Gasteiger partial charge in [0.2, 0.25) is 0 Å². The van der Waals surface area contributed by atoms with Gasteiger partial charge in [-0.1, -0.05) is 42.3 Å². The van der Waals surface area contributed by atoms with Crippen molar-refractivity contribution in [3.63, 3.8) is 0 Å². The molecule has 1 aliphatic heterocycles. The van der Waals surface area contributed by atoms with Gasteiger partial charge in [0.25, 0.3) is 5.91 Å². The summed E-state index contributed by atoms with van der Waals surface area (Å²) in [5, 5.41) is 3.55. The van der Waals surface area contributed by atoms with E-state index in [1.165, 1.54) is 7.11 Å². The van der Waals surface area contributed by atoms with Crippen molar-refractivity contribution in [2.45, 2.75) is 32.9 Å².